The summed E-state index contributed by atoms with van der Waals surface area (Å²) >= 11 is 0. The zero-order chi connectivity index (χ0) is 23.1. The Labute approximate surface area is 188 Å². The third-order valence-corrected chi connectivity index (χ3v) is 5.62. The predicted octanol–water partition coefficient (Wildman–Crippen LogP) is 3.11. The van der Waals surface area contributed by atoms with E-state index in [0.717, 1.165) is 9.80 Å². The summed E-state index contributed by atoms with van der Waals surface area (Å²) in [5.41, 5.74) is 2.04. The number of carbonyl (C=O) groups excluding carboxylic acids is 5. The molecule has 3 aromatic rings. The van der Waals surface area contributed by atoms with Crippen LogP contribution in [0.15, 0.2) is 72.8 Å². The van der Waals surface area contributed by atoms with Gasteiger partial charge in [0.05, 0.1) is 27.9 Å². The summed E-state index contributed by atoms with van der Waals surface area (Å²) in [6.45, 7) is -0.0592. The maximum absolute atomic E-state index is 12.7. The van der Waals surface area contributed by atoms with E-state index in [1.54, 1.807) is 66.7 Å². The molecule has 5 amide bonds. The van der Waals surface area contributed by atoms with Gasteiger partial charge in [-0.3, -0.25) is 28.9 Å². The van der Waals surface area contributed by atoms with Crippen molar-refractivity contribution in [3.63, 3.8) is 0 Å². The molecule has 0 bridgehead atoms. The monoisotopic (exact) mass is 439 g/mol. The number of anilines is 2. The van der Waals surface area contributed by atoms with Gasteiger partial charge in [-0.05, 0) is 42.5 Å². The number of hydrogen-bond acceptors (Lipinski definition) is 5. The van der Waals surface area contributed by atoms with Crippen LogP contribution in [-0.2, 0) is 4.79 Å². The minimum Gasteiger partial charge on any atom is -0.326 e. The van der Waals surface area contributed by atoms with E-state index in [1.165, 1.54) is 6.07 Å². The Bertz CT molecular complexity index is 1290. The Morgan fingerprint density at radius 2 is 1.18 bits per heavy atom. The first kappa shape index (κ1) is 20.3. The molecule has 2 aliphatic rings. The van der Waals surface area contributed by atoms with Crippen molar-refractivity contribution in [2.75, 3.05) is 16.8 Å². The minimum atomic E-state index is -0.426. The smallest absolute Gasteiger partial charge is 0.266 e. The fraction of sp³-hybridized carbons (Fsp3) is 0.0800. The maximum Gasteiger partial charge on any atom is 0.266 e. The summed E-state index contributed by atoms with van der Waals surface area (Å²) in [5, 5.41) is 2.69. The van der Waals surface area contributed by atoms with Crippen molar-refractivity contribution in [3.8, 4) is 0 Å². The van der Waals surface area contributed by atoms with E-state index in [4.69, 9.17) is 0 Å². The van der Waals surface area contributed by atoms with Crippen LogP contribution in [0.5, 0.6) is 0 Å². The van der Waals surface area contributed by atoms with Gasteiger partial charge < -0.3 is 5.32 Å². The average Bonchev–Trinajstić information content (AvgIpc) is 3.23. The van der Waals surface area contributed by atoms with Gasteiger partial charge in [-0.15, -0.1) is 0 Å². The first-order valence-electron chi connectivity index (χ1n) is 10.3. The van der Waals surface area contributed by atoms with Crippen LogP contribution in [-0.4, -0.2) is 41.0 Å². The molecule has 0 radical (unpaired) electrons. The van der Waals surface area contributed by atoms with Crippen LogP contribution in [0.25, 0.3) is 0 Å². The summed E-state index contributed by atoms with van der Waals surface area (Å²) in [7, 11) is 0. The lowest BCUT2D eigenvalue weighted by Crippen LogP contribution is -2.33. The van der Waals surface area contributed by atoms with E-state index < -0.39 is 29.5 Å². The highest BCUT2D eigenvalue weighted by Gasteiger charge is 2.37. The molecule has 0 fully saturated rings. The van der Waals surface area contributed by atoms with Gasteiger partial charge in [-0.1, -0.05) is 30.3 Å². The molecule has 5 rings (SSSR count). The summed E-state index contributed by atoms with van der Waals surface area (Å²) < 4.78 is 0. The van der Waals surface area contributed by atoms with E-state index in [2.05, 4.69) is 5.32 Å². The average molecular weight is 439 g/mol. The molecule has 0 aliphatic carbocycles. The zero-order valence-corrected chi connectivity index (χ0v) is 17.3. The molecule has 162 valence electrons. The lowest BCUT2D eigenvalue weighted by Gasteiger charge is -2.16. The van der Waals surface area contributed by atoms with Crippen LogP contribution in [0, 0.1) is 0 Å². The summed E-state index contributed by atoms with van der Waals surface area (Å²) in [5.74, 6) is -2.10. The van der Waals surface area contributed by atoms with Crippen LogP contribution in [0.4, 0.5) is 11.4 Å². The van der Waals surface area contributed by atoms with Gasteiger partial charge in [0.2, 0.25) is 5.91 Å². The van der Waals surface area contributed by atoms with E-state index in [1.807, 2.05) is 0 Å². The van der Waals surface area contributed by atoms with Crippen LogP contribution in [0.1, 0.15) is 47.9 Å². The molecule has 2 heterocycles. The van der Waals surface area contributed by atoms with Gasteiger partial charge in [0.25, 0.3) is 23.6 Å². The van der Waals surface area contributed by atoms with Gasteiger partial charge in [0.15, 0.2) is 0 Å². The van der Waals surface area contributed by atoms with Crippen molar-refractivity contribution in [2.24, 2.45) is 0 Å². The first-order valence-corrected chi connectivity index (χ1v) is 10.3. The quantitative estimate of drug-likeness (QED) is 0.615. The van der Waals surface area contributed by atoms with Crippen molar-refractivity contribution in [3.05, 3.63) is 95.1 Å². The fourth-order valence-corrected chi connectivity index (χ4v) is 4.03. The number of nitrogens with zero attached hydrogens (tertiary/aromatic N) is 2. The van der Waals surface area contributed by atoms with Gasteiger partial charge in [-0.2, -0.15) is 0 Å². The van der Waals surface area contributed by atoms with Crippen molar-refractivity contribution in [1.82, 2.24) is 4.90 Å². The van der Waals surface area contributed by atoms with Crippen molar-refractivity contribution < 1.29 is 24.0 Å². The van der Waals surface area contributed by atoms with Crippen molar-refractivity contribution >= 4 is 40.9 Å². The molecule has 1 N–H and O–H groups in total. The van der Waals surface area contributed by atoms with Crippen LogP contribution in [0.2, 0.25) is 0 Å². The van der Waals surface area contributed by atoms with Crippen LogP contribution < -0.4 is 10.2 Å². The summed E-state index contributed by atoms with van der Waals surface area (Å²) in [4.78, 5) is 64.9. The zero-order valence-electron chi connectivity index (χ0n) is 17.3. The number of fused-ring (bicyclic) bond motifs is 2. The number of amides is 5. The Morgan fingerprint density at radius 3 is 1.73 bits per heavy atom. The highest BCUT2D eigenvalue weighted by atomic mass is 16.2. The lowest BCUT2D eigenvalue weighted by molar-refractivity contribution is -0.116. The molecule has 0 unspecified atom stereocenters. The highest BCUT2D eigenvalue weighted by Crippen LogP contribution is 2.30. The maximum atomic E-state index is 12.7. The molecule has 3 aromatic carbocycles. The Balaban J connectivity index is 1.26. The number of imide groups is 2. The molecule has 0 atom stereocenters. The van der Waals surface area contributed by atoms with Gasteiger partial charge in [0.1, 0.15) is 0 Å². The fourth-order valence-electron chi connectivity index (χ4n) is 4.03. The molecule has 8 heteroatoms. The largest absolute Gasteiger partial charge is 0.326 e. The van der Waals surface area contributed by atoms with Crippen molar-refractivity contribution in [1.29, 1.82) is 0 Å². The molecule has 0 saturated heterocycles. The Kier molecular flexibility index (Phi) is 4.82. The predicted molar refractivity (Wildman–Crippen MR) is 119 cm³/mol. The molecule has 8 nitrogen and oxygen atoms in total. The molecular weight excluding hydrogens is 422 g/mol. The van der Waals surface area contributed by atoms with Crippen LogP contribution >= 0.6 is 0 Å². The molecule has 0 spiro atoms. The highest BCUT2D eigenvalue weighted by molar-refractivity contribution is 6.34. The van der Waals surface area contributed by atoms with Gasteiger partial charge >= 0.3 is 0 Å². The number of benzene rings is 3. The SMILES string of the molecule is O=C(CCN1C(=O)c2ccccc2C1=O)Nc1cccc(N2C(=O)c3ccccc3C2=O)c1. The van der Waals surface area contributed by atoms with E-state index >= 15 is 0 Å². The molecule has 0 saturated carbocycles. The van der Waals surface area contributed by atoms with Crippen LogP contribution in [0.3, 0.4) is 0 Å². The second kappa shape index (κ2) is 7.83. The second-order valence-electron chi connectivity index (χ2n) is 7.65. The lowest BCUT2D eigenvalue weighted by atomic mass is 10.1. The second-order valence-corrected chi connectivity index (χ2v) is 7.65. The number of hydrogen-bond donors (Lipinski definition) is 1. The van der Waals surface area contributed by atoms with Crippen molar-refractivity contribution in [2.45, 2.75) is 6.42 Å². The molecule has 0 aromatic heterocycles. The number of nitrogens with one attached hydrogen (secondary N) is 1. The standard InChI is InChI=1S/C25H17N3O5/c29-21(12-13-27-22(30)17-8-1-2-9-18(17)23(27)31)26-15-6-5-7-16(14-15)28-24(32)19-10-3-4-11-20(19)25(28)33/h1-11,14H,12-13H2,(H,26,29). The third-order valence-electron chi connectivity index (χ3n) is 5.62. The summed E-state index contributed by atoms with van der Waals surface area (Å²) in [6, 6.07) is 19.5. The number of rotatable bonds is 5. The van der Waals surface area contributed by atoms with Gasteiger partial charge in [-0.25, -0.2) is 4.90 Å². The summed E-state index contributed by atoms with van der Waals surface area (Å²) in [6.07, 6.45) is -0.0945. The molecule has 2 aliphatic heterocycles. The normalized spacial score (nSPS) is 14.5. The third kappa shape index (κ3) is 3.38. The Morgan fingerprint density at radius 1 is 0.667 bits per heavy atom. The number of carbonyl (C=O) groups is 5. The van der Waals surface area contributed by atoms with E-state index in [0.29, 0.717) is 33.6 Å². The molecule has 33 heavy (non-hydrogen) atoms. The topological polar surface area (TPSA) is 104 Å². The minimum absolute atomic E-state index is 0.0592. The van der Waals surface area contributed by atoms with Gasteiger partial charge in [0, 0.05) is 18.7 Å². The van der Waals surface area contributed by atoms with E-state index in [9.17, 15) is 24.0 Å². The van der Waals surface area contributed by atoms with E-state index in [-0.39, 0.29) is 13.0 Å². The first-order chi connectivity index (χ1) is 16.0. The Hall–Kier alpha value is -4.59. The molecular formula is C25H17N3O5.